The number of carbonyl (C=O) groups excluding carboxylic acids is 2. The Balaban J connectivity index is 1.51. The van der Waals surface area contributed by atoms with Crippen molar-refractivity contribution < 1.29 is 9.59 Å². The summed E-state index contributed by atoms with van der Waals surface area (Å²) in [4.78, 5) is 27.9. The number of Topliss-reactive ketones (excluding diaryl/α,β-unsaturated/α-hetero) is 2. The third-order valence-corrected chi connectivity index (χ3v) is 7.54. The third kappa shape index (κ3) is 2.44. The van der Waals surface area contributed by atoms with E-state index >= 15 is 0 Å². The van der Waals surface area contributed by atoms with Crippen LogP contribution in [0.5, 0.6) is 0 Å². The van der Waals surface area contributed by atoms with Crippen LogP contribution in [0.2, 0.25) is 0 Å². The molecule has 0 fully saturated rings. The van der Waals surface area contributed by atoms with Gasteiger partial charge in [0.2, 0.25) is 0 Å². The normalized spacial score (nSPS) is 18.7. The molecule has 2 heteroatoms. The van der Waals surface area contributed by atoms with E-state index in [0.717, 1.165) is 49.4 Å². The van der Waals surface area contributed by atoms with Gasteiger partial charge >= 0.3 is 0 Å². The Kier molecular flexibility index (Phi) is 3.78. The van der Waals surface area contributed by atoms with Crippen molar-refractivity contribution in [2.24, 2.45) is 0 Å². The average Bonchev–Trinajstić information content (AvgIpc) is 3.31. The van der Waals surface area contributed by atoms with Crippen LogP contribution in [0.4, 0.5) is 0 Å². The summed E-state index contributed by atoms with van der Waals surface area (Å²) in [6, 6.07) is 34.4. The van der Waals surface area contributed by atoms with E-state index in [1.807, 2.05) is 54.6 Å². The topological polar surface area (TPSA) is 34.1 Å². The molecule has 0 aliphatic heterocycles. The van der Waals surface area contributed by atoms with Gasteiger partial charge in [0.05, 0.1) is 11.8 Å². The number of hydrogen-bond donors (Lipinski definition) is 0. The number of benzene rings is 5. The van der Waals surface area contributed by atoms with Crippen LogP contribution in [0.1, 0.15) is 55.2 Å². The second kappa shape index (κ2) is 6.73. The smallest absolute Gasteiger partial charge is 0.171 e. The largest absolute Gasteiger partial charge is 0.293 e. The Bertz CT molecular complexity index is 1500. The highest BCUT2D eigenvalue weighted by molar-refractivity contribution is 6.21. The molecular weight excluding hydrogens is 404 g/mol. The van der Waals surface area contributed by atoms with E-state index in [2.05, 4.69) is 48.5 Å². The molecule has 0 unspecified atom stereocenters. The fourth-order valence-electron chi connectivity index (χ4n) is 6.25. The zero-order chi connectivity index (χ0) is 22.1. The van der Waals surface area contributed by atoms with Crippen LogP contribution in [0.25, 0.3) is 21.5 Å². The Labute approximate surface area is 191 Å². The van der Waals surface area contributed by atoms with E-state index in [-0.39, 0.29) is 17.5 Å². The van der Waals surface area contributed by atoms with Crippen molar-refractivity contribution in [3.63, 3.8) is 0 Å². The molecule has 5 aromatic rings. The van der Waals surface area contributed by atoms with Crippen LogP contribution in [0.15, 0.2) is 103 Å². The minimum Gasteiger partial charge on any atom is -0.293 e. The quantitative estimate of drug-likeness (QED) is 0.311. The van der Waals surface area contributed by atoms with Crippen molar-refractivity contribution in [2.75, 3.05) is 0 Å². The van der Waals surface area contributed by atoms with Crippen LogP contribution in [0.3, 0.4) is 0 Å². The molecule has 0 radical (unpaired) electrons. The molecule has 2 atom stereocenters. The minimum atomic E-state index is -0.396. The highest BCUT2D eigenvalue weighted by atomic mass is 16.1. The predicted molar refractivity (Wildman–Crippen MR) is 131 cm³/mol. The summed E-state index contributed by atoms with van der Waals surface area (Å²) in [5.41, 5.74) is 4.66. The molecule has 0 aromatic heterocycles. The zero-order valence-electron chi connectivity index (χ0n) is 17.9. The van der Waals surface area contributed by atoms with E-state index in [1.54, 1.807) is 0 Å². The molecule has 2 aliphatic carbocycles. The molecule has 0 saturated heterocycles. The molecule has 0 bridgehead atoms. The van der Waals surface area contributed by atoms with Gasteiger partial charge in [0.15, 0.2) is 11.6 Å². The summed E-state index contributed by atoms with van der Waals surface area (Å²) in [7, 11) is 0. The van der Waals surface area contributed by atoms with Crippen molar-refractivity contribution in [2.45, 2.75) is 17.8 Å². The van der Waals surface area contributed by atoms with E-state index in [9.17, 15) is 9.59 Å². The number of ketones is 2. The molecular formula is C31H20O2. The van der Waals surface area contributed by atoms with Gasteiger partial charge in [0.25, 0.3) is 0 Å². The zero-order valence-corrected chi connectivity index (χ0v) is 17.9. The maximum absolute atomic E-state index is 14.0. The van der Waals surface area contributed by atoms with Gasteiger partial charge in [-0.25, -0.2) is 0 Å². The maximum atomic E-state index is 14.0. The lowest BCUT2D eigenvalue weighted by molar-refractivity contribution is 0.0911. The van der Waals surface area contributed by atoms with Gasteiger partial charge in [-0.2, -0.15) is 0 Å². The first-order chi connectivity index (χ1) is 16.2. The summed E-state index contributed by atoms with van der Waals surface area (Å²) >= 11 is 0. The van der Waals surface area contributed by atoms with Crippen LogP contribution in [0, 0.1) is 0 Å². The fourth-order valence-corrected chi connectivity index (χ4v) is 6.25. The lowest BCUT2D eigenvalue weighted by Gasteiger charge is -2.29. The van der Waals surface area contributed by atoms with Gasteiger partial charge < -0.3 is 0 Å². The summed E-state index contributed by atoms with van der Waals surface area (Å²) < 4.78 is 0. The molecule has 0 heterocycles. The Morgan fingerprint density at radius 1 is 0.485 bits per heavy atom. The molecule has 33 heavy (non-hydrogen) atoms. The molecule has 0 N–H and O–H groups in total. The van der Waals surface area contributed by atoms with Crippen molar-refractivity contribution in [1.29, 1.82) is 0 Å². The molecule has 0 saturated carbocycles. The van der Waals surface area contributed by atoms with Gasteiger partial charge in [0.1, 0.15) is 0 Å². The van der Waals surface area contributed by atoms with E-state index in [4.69, 9.17) is 0 Å². The second-order valence-electron chi connectivity index (χ2n) is 9.12. The standard InChI is InChI=1S/C31H20O2/c32-30-23-16-6-12-18-10-4-14-21(25(18)23)28(30)27(20-8-2-1-3-9-20)29-22-15-5-11-19-13-7-17-24(26(19)22)31(29)33/h1-17,27-29H/t28-,29-/m1/s1. The van der Waals surface area contributed by atoms with Crippen molar-refractivity contribution in [1.82, 2.24) is 0 Å². The lowest BCUT2D eigenvalue weighted by Crippen LogP contribution is -2.25. The Morgan fingerprint density at radius 3 is 1.42 bits per heavy atom. The van der Waals surface area contributed by atoms with Crippen molar-refractivity contribution >= 4 is 33.1 Å². The lowest BCUT2D eigenvalue weighted by atomic mass is 9.71. The average molecular weight is 424 g/mol. The van der Waals surface area contributed by atoms with Crippen LogP contribution < -0.4 is 0 Å². The van der Waals surface area contributed by atoms with Gasteiger partial charge in [-0.15, -0.1) is 0 Å². The van der Waals surface area contributed by atoms with Gasteiger partial charge in [-0.3, -0.25) is 9.59 Å². The van der Waals surface area contributed by atoms with Crippen LogP contribution >= 0.6 is 0 Å². The monoisotopic (exact) mass is 424 g/mol. The number of hydrogen-bond acceptors (Lipinski definition) is 2. The maximum Gasteiger partial charge on any atom is 0.171 e. The van der Waals surface area contributed by atoms with Crippen LogP contribution in [-0.2, 0) is 0 Å². The van der Waals surface area contributed by atoms with E-state index in [0.29, 0.717) is 0 Å². The molecule has 156 valence electrons. The fraction of sp³-hybridized carbons (Fsp3) is 0.0968. The highest BCUT2D eigenvalue weighted by Gasteiger charge is 2.47. The highest BCUT2D eigenvalue weighted by Crippen LogP contribution is 2.54. The summed E-state index contributed by atoms with van der Waals surface area (Å²) in [5.74, 6) is -0.834. The first kappa shape index (κ1) is 18.5. The summed E-state index contributed by atoms with van der Waals surface area (Å²) in [5, 5.41) is 4.24. The van der Waals surface area contributed by atoms with Gasteiger partial charge in [0, 0.05) is 17.0 Å². The Hall–Kier alpha value is -4.04. The van der Waals surface area contributed by atoms with Crippen molar-refractivity contribution in [3.8, 4) is 0 Å². The first-order valence-corrected chi connectivity index (χ1v) is 11.4. The molecule has 0 amide bonds. The van der Waals surface area contributed by atoms with Crippen LogP contribution in [-0.4, -0.2) is 11.6 Å². The first-order valence-electron chi connectivity index (χ1n) is 11.4. The molecule has 2 nitrogen and oxygen atoms in total. The number of carbonyl (C=O) groups is 2. The number of rotatable bonds is 3. The van der Waals surface area contributed by atoms with E-state index in [1.165, 1.54) is 0 Å². The SMILES string of the molecule is O=C1c2cccc3cccc(c23)[C@@H]1C(c1ccccc1)[C@@H]1C(=O)c2cccc3cccc1c23. The van der Waals surface area contributed by atoms with Gasteiger partial charge in [-0.1, -0.05) is 103 Å². The van der Waals surface area contributed by atoms with Gasteiger partial charge in [-0.05, 0) is 38.2 Å². The van der Waals surface area contributed by atoms with Crippen molar-refractivity contribution in [3.05, 3.63) is 131 Å². The minimum absolute atomic E-state index is 0.117. The molecule has 0 spiro atoms. The molecule has 7 rings (SSSR count). The third-order valence-electron chi connectivity index (χ3n) is 7.54. The van der Waals surface area contributed by atoms with E-state index < -0.39 is 11.8 Å². The summed E-state index contributed by atoms with van der Waals surface area (Å²) in [6.07, 6.45) is 0. The second-order valence-corrected chi connectivity index (χ2v) is 9.12. The molecule has 2 aliphatic rings. The predicted octanol–water partition coefficient (Wildman–Crippen LogP) is 7.04. The Morgan fingerprint density at radius 2 is 0.939 bits per heavy atom. The molecule has 5 aromatic carbocycles. The summed E-state index contributed by atoms with van der Waals surface area (Å²) in [6.45, 7) is 0.